The first-order valence-electron chi connectivity index (χ1n) is 5.65. The molecule has 0 amide bonds. The monoisotopic (exact) mass is 614 g/mol. The summed E-state index contributed by atoms with van der Waals surface area (Å²) < 4.78 is 11.2. The highest BCUT2D eigenvalue weighted by molar-refractivity contribution is 14.1. The molecule has 0 aromatic heterocycles. The molecule has 1 aliphatic rings. The summed E-state index contributed by atoms with van der Waals surface area (Å²) >= 11 is 6.81. The van der Waals surface area contributed by atoms with E-state index in [4.69, 9.17) is 9.47 Å². The number of halogens is 3. The third kappa shape index (κ3) is 4.68. The molecular formula is C13H13I3O4. The molecule has 0 radical (unpaired) electrons. The van der Waals surface area contributed by atoms with E-state index < -0.39 is 0 Å². The van der Waals surface area contributed by atoms with Crippen molar-refractivity contribution in [3.05, 3.63) is 32.8 Å². The summed E-state index contributed by atoms with van der Waals surface area (Å²) in [5.74, 6) is -0.706. The fourth-order valence-corrected chi connectivity index (χ4v) is 5.95. The smallest absolute Gasteiger partial charge is 0.307 e. The van der Waals surface area contributed by atoms with Gasteiger partial charge in [-0.15, -0.1) is 0 Å². The van der Waals surface area contributed by atoms with Gasteiger partial charge in [0.05, 0.1) is 14.1 Å². The third-order valence-corrected chi connectivity index (χ3v) is 7.07. The zero-order valence-corrected chi connectivity index (χ0v) is 17.5. The largest absolute Gasteiger partial charge is 0.435 e. The highest BCUT2D eigenvalue weighted by atomic mass is 127. The quantitative estimate of drug-likeness (QED) is 0.203. The second-order valence-electron chi connectivity index (χ2n) is 4.13. The van der Waals surface area contributed by atoms with E-state index >= 15 is 0 Å². The molecule has 1 aliphatic carbocycles. The SMILES string of the molecule is CC(=O)O/C=C1\C(I)C(C)=C(I)/C(=C/OC(C)=O)C1I. The minimum atomic E-state index is -0.356. The van der Waals surface area contributed by atoms with Crippen LogP contribution in [0.1, 0.15) is 20.8 Å². The number of alkyl halides is 2. The minimum absolute atomic E-state index is 0.0104. The first kappa shape index (κ1) is 18.4. The lowest BCUT2D eigenvalue weighted by molar-refractivity contribution is -0.136. The molecule has 0 aromatic rings. The number of rotatable bonds is 2. The lowest BCUT2D eigenvalue weighted by Gasteiger charge is -2.29. The van der Waals surface area contributed by atoms with Crippen LogP contribution in [0.3, 0.4) is 0 Å². The summed E-state index contributed by atoms with van der Waals surface area (Å²) in [6, 6.07) is 0. The van der Waals surface area contributed by atoms with Gasteiger partial charge in [0.15, 0.2) is 0 Å². The van der Waals surface area contributed by atoms with Gasteiger partial charge in [0.2, 0.25) is 0 Å². The first-order valence-corrected chi connectivity index (χ1v) is 9.22. The van der Waals surface area contributed by atoms with Crippen LogP contribution in [0.5, 0.6) is 0 Å². The van der Waals surface area contributed by atoms with Crippen LogP contribution >= 0.6 is 67.8 Å². The van der Waals surface area contributed by atoms with Gasteiger partial charge in [-0.2, -0.15) is 0 Å². The van der Waals surface area contributed by atoms with E-state index in [0.29, 0.717) is 0 Å². The Bertz CT molecular complexity index is 520. The Morgan fingerprint density at radius 1 is 1.05 bits per heavy atom. The molecule has 1 rings (SSSR count). The molecule has 0 saturated heterocycles. The molecule has 0 spiro atoms. The van der Waals surface area contributed by atoms with Gasteiger partial charge in [-0.1, -0.05) is 45.2 Å². The summed E-state index contributed by atoms with van der Waals surface area (Å²) in [6.45, 7) is 4.75. The fourth-order valence-electron chi connectivity index (χ4n) is 1.54. The molecule has 20 heavy (non-hydrogen) atoms. The molecule has 2 atom stereocenters. The molecule has 0 aromatic carbocycles. The predicted octanol–water partition coefficient (Wildman–Crippen LogP) is 4.21. The maximum Gasteiger partial charge on any atom is 0.307 e. The number of hydrogen-bond donors (Lipinski definition) is 0. The Morgan fingerprint density at radius 3 is 2.05 bits per heavy atom. The number of ether oxygens (including phenoxy) is 2. The Balaban J connectivity index is 3.20. The zero-order chi connectivity index (χ0) is 15.4. The van der Waals surface area contributed by atoms with Crippen LogP contribution in [0.15, 0.2) is 32.8 Å². The Labute approximate surface area is 158 Å². The third-order valence-electron chi connectivity index (χ3n) is 2.55. The van der Waals surface area contributed by atoms with Crippen LogP contribution in [0.25, 0.3) is 0 Å². The van der Waals surface area contributed by atoms with Crippen LogP contribution in [0.4, 0.5) is 0 Å². The van der Waals surface area contributed by atoms with E-state index in [9.17, 15) is 9.59 Å². The molecule has 0 saturated carbocycles. The van der Waals surface area contributed by atoms with E-state index in [1.165, 1.54) is 26.4 Å². The van der Waals surface area contributed by atoms with Crippen molar-refractivity contribution in [3.63, 3.8) is 0 Å². The van der Waals surface area contributed by atoms with Crippen LogP contribution in [0.2, 0.25) is 0 Å². The Hall–Kier alpha value is 0.350. The van der Waals surface area contributed by atoms with Crippen LogP contribution < -0.4 is 0 Å². The Morgan fingerprint density at radius 2 is 1.55 bits per heavy atom. The maximum atomic E-state index is 11.0. The van der Waals surface area contributed by atoms with Crippen molar-refractivity contribution in [1.29, 1.82) is 0 Å². The van der Waals surface area contributed by atoms with Gasteiger partial charge in [0.25, 0.3) is 0 Å². The average molecular weight is 614 g/mol. The zero-order valence-electron chi connectivity index (χ0n) is 11.1. The second kappa shape index (κ2) is 8.11. The molecule has 2 unspecified atom stereocenters. The number of carbonyl (C=O) groups is 2. The van der Waals surface area contributed by atoms with Gasteiger partial charge in [-0.3, -0.25) is 9.59 Å². The summed E-state index contributed by atoms with van der Waals surface area (Å²) in [5.41, 5.74) is 3.03. The highest BCUT2D eigenvalue weighted by Gasteiger charge is 2.32. The lowest BCUT2D eigenvalue weighted by Crippen LogP contribution is -2.23. The summed E-state index contributed by atoms with van der Waals surface area (Å²) in [6.07, 6.45) is 2.99. The van der Waals surface area contributed by atoms with Gasteiger partial charge in [-0.25, -0.2) is 0 Å². The van der Waals surface area contributed by atoms with Crippen molar-refractivity contribution in [1.82, 2.24) is 0 Å². The molecule has 0 bridgehead atoms. The molecule has 0 heterocycles. The van der Waals surface area contributed by atoms with Crippen LogP contribution in [0, 0.1) is 0 Å². The van der Waals surface area contributed by atoms with Gasteiger partial charge in [-0.05, 0) is 40.7 Å². The van der Waals surface area contributed by atoms with Crippen molar-refractivity contribution in [2.24, 2.45) is 0 Å². The molecule has 0 fully saturated rings. The van der Waals surface area contributed by atoms with Crippen molar-refractivity contribution in [2.75, 3.05) is 0 Å². The van der Waals surface area contributed by atoms with Crippen molar-refractivity contribution in [2.45, 2.75) is 28.6 Å². The molecule has 0 aliphatic heterocycles. The standard InChI is InChI=1S/C13H13I3O4/c1-6-11(14)9(4-19-7(2)17)13(16)10(12(6)15)5-20-8(3)18/h4-5,11,13H,1-3H3/b9-4+,10-5-. The van der Waals surface area contributed by atoms with E-state index in [1.807, 2.05) is 6.92 Å². The number of carbonyl (C=O) groups excluding carboxylic acids is 2. The highest BCUT2D eigenvalue weighted by Crippen LogP contribution is 2.44. The van der Waals surface area contributed by atoms with E-state index in [1.54, 1.807) is 0 Å². The number of allylic oxidation sites excluding steroid dienone is 4. The van der Waals surface area contributed by atoms with Crippen LogP contribution in [-0.2, 0) is 19.1 Å². The van der Waals surface area contributed by atoms with Crippen molar-refractivity contribution < 1.29 is 19.1 Å². The Kier molecular flexibility index (Phi) is 7.46. The molecule has 4 nitrogen and oxygen atoms in total. The topological polar surface area (TPSA) is 52.6 Å². The maximum absolute atomic E-state index is 11.0. The lowest BCUT2D eigenvalue weighted by atomic mass is 9.92. The van der Waals surface area contributed by atoms with Crippen molar-refractivity contribution >= 4 is 79.7 Å². The van der Waals surface area contributed by atoms with Crippen molar-refractivity contribution in [3.8, 4) is 0 Å². The van der Waals surface area contributed by atoms with E-state index in [2.05, 4.69) is 67.8 Å². The van der Waals surface area contributed by atoms with Gasteiger partial charge < -0.3 is 9.47 Å². The average Bonchev–Trinajstić information content (AvgIpc) is 2.35. The summed E-state index contributed by atoms with van der Waals surface area (Å²) in [4.78, 5) is 21.9. The number of esters is 2. The fraction of sp³-hybridized carbons (Fsp3) is 0.385. The minimum Gasteiger partial charge on any atom is -0.435 e. The molecule has 110 valence electrons. The summed E-state index contributed by atoms with van der Waals surface area (Å²) in [7, 11) is 0. The second-order valence-corrected chi connectivity index (χ2v) is 7.70. The van der Waals surface area contributed by atoms with Crippen LogP contribution in [-0.4, -0.2) is 19.8 Å². The van der Waals surface area contributed by atoms with Gasteiger partial charge >= 0.3 is 11.9 Å². The number of hydrogen-bond acceptors (Lipinski definition) is 4. The molecule has 0 N–H and O–H groups in total. The van der Waals surface area contributed by atoms with Gasteiger partial charge in [0.1, 0.15) is 6.26 Å². The van der Waals surface area contributed by atoms with Gasteiger partial charge in [0, 0.05) is 23.0 Å². The summed E-state index contributed by atoms with van der Waals surface area (Å²) in [5, 5.41) is 0. The molecular weight excluding hydrogens is 601 g/mol. The molecule has 7 heteroatoms. The normalized spacial score (nSPS) is 26.9. The first-order chi connectivity index (χ1) is 9.25. The van der Waals surface area contributed by atoms with E-state index in [0.717, 1.165) is 20.3 Å². The predicted molar refractivity (Wildman–Crippen MR) is 102 cm³/mol. The van der Waals surface area contributed by atoms with E-state index in [-0.39, 0.29) is 19.8 Å².